The first kappa shape index (κ1) is 22.9. The lowest BCUT2D eigenvalue weighted by Gasteiger charge is -2.09. The Bertz CT molecular complexity index is 324. The molecule has 6 nitrogen and oxygen atoms in total. The lowest BCUT2D eigenvalue weighted by Crippen LogP contribution is -2.33. The average molecular weight is 344 g/mol. The van der Waals surface area contributed by atoms with Gasteiger partial charge in [-0.3, -0.25) is 0 Å². The number of carbonyl (C=O) groups is 2. The average Bonchev–Trinajstić information content (AvgIpc) is 2.58. The normalized spacial score (nSPS) is 12.0. The van der Waals surface area contributed by atoms with E-state index in [9.17, 15) is 9.59 Å². The second-order valence-electron chi connectivity index (χ2n) is 6.33. The third-order valence-corrected chi connectivity index (χ3v) is 3.97. The number of rotatable bonds is 15. The van der Waals surface area contributed by atoms with E-state index >= 15 is 0 Å². The molecule has 24 heavy (non-hydrogen) atoms. The number of carbonyl (C=O) groups excluding carboxylic acids is 2. The van der Waals surface area contributed by atoms with E-state index in [-0.39, 0.29) is 6.42 Å². The van der Waals surface area contributed by atoms with Crippen LogP contribution in [0.15, 0.2) is 0 Å². The highest BCUT2D eigenvalue weighted by Crippen LogP contribution is 2.11. The van der Waals surface area contributed by atoms with Crippen molar-refractivity contribution in [1.82, 2.24) is 0 Å². The van der Waals surface area contributed by atoms with Crippen molar-refractivity contribution in [3.8, 4) is 0 Å². The van der Waals surface area contributed by atoms with Gasteiger partial charge in [0.1, 0.15) is 6.04 Å². The lowest BCUT2D eigenvalue weighted by atomic mass is 10.1. The molecule has 0 bridgehead atoms. The highest BCUT2D eigenvalue weighted by atomic mass is 17.2. The van der Waals surface area contributed by atoms with Crippen LogP contribution in [-0.4, -0.2) is 24.5 Å². The first-order valence-corrected chi connectivity index (χ1v) is 9.48. The SMILES string of the molecule is CCCCCCCCCCCC(=O)OOC(=O)[C@@H](N)CCCCN. The molecule has 0 heterocycles. The van der Waals surface area contributed by atoms with Crippen LogP contribution in [0.5, 0.6) is 0 Å². The minimum Gasteiger partial charge on any atom is -0.330 e. The largest absolute Gasteiger partial charge is 0.372 e. The highest BCUT2D eigenvalue weighted by Gasteiger charge is 2.17. The molecule has 0 unspecified atom stereocenters. The lowest BCUT2D eigenvalue weighted by molar-refractivity contribution is -0.260. The van der Waals surface area contributed by atoms with Gasteiger partial charge < -0.3 is 11.5 Å². The minimum atomic E-state index is -0.767. The van der Waals surface area contributed by atoms with Crippen LogP contribution in [0, 0.1) is 0 Å². The number of unbranched alkanes of at least 4 members (excludes halogenated alkanes) is 9. The van der Waals surface area contributed by atoms with Crippen molar-refractivity contribution in [2.45, 2.75) is 96.4 Å². The molecule has 0 aromatic heterocycles. The molecule has 0 saturated heterocycles. The maximum Gasteiger partial charge on any atom is 0.372 e. The van der Waals surface area contributed by atoms with Crippen LogP contribution in [0.4, 0.5) is 0 Å². The summed E-state index contributed by atoms with van der Waals surface area (Å²) >= 11 is 0. The molecule has 6 heteroatoms. The monoisotopic (exact) mass is 344 g/mol. The van der Waals surface area contributed by atoms with Gasteiger partial charge in [0.2, 0.25) is 0 Å². The third-order valence-electron chi connectivity index (χ3n) is 3.97. The summed E-state index contributed by atoms with van der Waals surface area (Å²) < 4.78 is 0. The second-order valence-corrected chi connectivity index (χ2v) is 6.33. The molecule has 0 aliphatic heterocycles. The van der Waals surface area contributed by atoms with Crippen LogP contribution < -0.4 is 11.5 Å². The number of nitrogens with two attached hydrogens (primary N) is 2. The maximum atomic E-state index is 11.5. The fourth-order valence-corrected chi connectivity index (χ4v) is 2.40. The van der Waals surface area contributed by atoms with Crippen LogP contribution in [-0.2, 0) is 19.4 Å². The molecular weight excluding hydrogens is 308 g/mol. The van der Waals surface area contributed by atoms with Crippen LogP contribution in [0.2, 0.25) is 0 Å². The first-order chi connectivity index (χ1) is 11.6. The summed E-state index contributed by atoms with van der Waals surface area (Å²) in [7, 11) is 0. The molecule has 0 aromatic rings. The number of hydrogen-bond acceptors (Lipinski definition) is 6. The van der Waals surface area contributed by atoms with Gasteiger partial charge in [-0.15, -0.1) is 0 Å². The zero-order valence-electron chi connectivity index (χ0n) is 15.3. The van der Waals surface area contributed by atoms with Gasteiger partial charge in [-0.1, -0.05) is 64.7 Å². The van der Waals surface area contributed by atoms with E-state index in [0.29, 0.717) is 13.0 Å². The Hall–Kier alpha value is -1.14. The Morgan fingerprint density at radius 2 is 1.42 bits per heavy atom. The topological polar surface area (TPSA) is 105 Å². The molecule has 0 radical (unpaired) electrons. The predicted octanol–water partition coefficient (Wildman–Crippen LogP) is 3.37. The minimum absolute atomic E-state index is 0.269. The van der Waals surface area contributed by atoms with Gasteiger partial charge in [-0.25, -0.2) is 19.4 Å². The van der Waals surface area contributed by atoms with Gasteiger partial charge in [-0.2, -0.15) is 0 Å². The van der Waals surface area contributed by atoms with Gasteiger partial charge in [0.25, 0.3) is 0 Å². The van der Waals surface area contributed by atoms with Crippen LogP contribution >= 0.6 is 0 Å². The molecule has 0 aromatic carbocycles. The molecule has 1 atom stereocenters. The van der Waals surface area contributed by atoms with Gasteiger partial charge >= 0.3 is 11.9 Å². The smallest absolute Gasteiger partial charge is 0.330 e. The summed E-state index contributed by atoms with van der Waals surface area (Å²) in [5.74, 6) is -1.21. The molecule has 0 spiro atoms. The van der Waals surface area contributed by atoms with Gasteiger partial charge in [-0.05, 0) is 25.8 Å². The van der Waals surface area contributed by atoms with Gasteiger partial charge in [0, 0.05) is 0 Å². The zero-order valence-corrected chi connectivity index (χ0v) is 15.3. The molecule has 0 rings (SSSR count). The van der Waals surface area contributed by atoms with E-state index in [1.807, 2.05) is 0 Å². The van der Waals surface area contributed by atoms with Crippen molar-refractivity contribution < 1.29 is 19.4 Å². The number of hydrogen-bond donors (Lipinski definition) is 2. The van der Waals surface area contributed by atoms with Crippen molar-refractivity contribution in [2.24, 2.45) is 11.5 Å². The summed E-state index contributed by atoms with van der Waals surface area (Å²) in [6.07, 6.45) is 12.9. The fraction of sp³-hybridized carbons (Fsp3) is 0.889. The summed E-state index contributed by atoms with van der Waals surface area (Å²) in [5.41, 5.74) is 11.0. The quantitative estimate of drug-likeness (QED) is 0.268. The van der Waals surface area contributed by atoms with Crippen LogP contribution in [0.25, 0.3) is 0 Å². The van der Waals surface area contributed by atoms with Crippen molar-refractivity contribution in [3.05, 3.63) is 0 Å². The Kier molecular flexibility index (Phi) is 15.9. The Labute approximate surface area is 146 Å². The summed E-state index contributed by atoms with van der Waals surface area (Å²) in [6.45, 7) is 2.78. The van der Waals surface area contributed by atoms with Crippen LogP contribution in [0.3, 0.4) is 0 Å². The van der Waals surface area contributed by atoms with Gasteiger partial charge in [0.15, 0.2) is 0 Å². The predicted molar refractivity (Wildman–Crippen MR) is 94.9 cm³/mol. The molecule has 0 amide bonds. The summed E-state index contributed by atoms with van der Waals surface area (Å²) in [4.78, 5) is 32.0. The third kappa shape index (κ3) is 14.5. The van der Waals surface area contributed by atoms with Crippen molar-refractivity contribution in [3.63, 3.8) is 0 Å². The maximum absolute atomic E-state index is 11.5. The molecule has 0 fully saturated rings. The second kappa shape index (κ2) is 16.7. The first-order valence-electron chi connectivity index (χ1n) is 9.48. The standard InChI is InChI=1S/C18H36N2O4/c1-2-3-4-5-6-7-8-9-10-14-17(21)23-24-18(22)16(20)13-11-12-15-19/h16H,2-15,19-20H2,1H3/t16-/m0/s1. The summed E-state index contributed by atoms with van der Waals surface area (Å²) in [5, 5.41) is 0. The molecular formula is C18H36N2O4. The van der Waals surface area contributed by atoms with E-state index in [1.54, 1.807) is 0 Å². The van der Waals surface area contributed by atoms with Crippen molar-refractivity contribution in [2.75, 3.05) is 6.54 Å². The Balaban J connectivity index is 3.47. The van der Waals surface area contributed by atoms with Gasteiger partial charge in [0.05, 0.1) is 6.42 Å². The van der Waals surface area contributed by atoms with E-state index in [4.69, 9.17) is 11.5 Å². The molecule has 0 aliphatic carbocycles. The van der Waals surface area contributed by atoms with Crippen LogP contribution in [0.1, 0.15) is 90.4 Å². The fourth-order valence-electron chi connectivity index (χ4n) is 2.40. The zero-order chi connectivity index (χ0) is 18.0. The van der Waals surface area contributed by atoms with E-state index in [1.165, 1.54) is 38.5 Å². The summed E-state index contributed by atoms with van der Waals surface area (Å²) in [6, 6.07) is -0.767. The van der Waals surface area contributed by atoms with E-state index in [0.717, 1.165) is 32.1 Å². The Morgan fingerprint density at radius 1 is 0.833 bits per heavy atom. The van der Waals surface area contributed by atoms with Crippen molar-refractivity contribution in [1.29, 1.82) is 0 Å². The molecule has 0 aliphatic rings. The van der Waals surface area contributed by atoms with Crippen molar-refractivity contribution >= 4 is 11.9 Å². The molecule has 0 saturated carbocycles. The molecule has 142 valence electrons. The molecule has 4 N–H and O–H groups in total. The van der Waals surface area contributed by atoms with E-state index in [2.05, 4.69) is 16.7 Å². The highest BCUT2D eigenvalue weighted by molar-refractivity contribution is 5.76. The Morgan fingerprint density at radius 3 is 2.00 bits per heavy atom. The van der Waals surface area contributed by atoms with E-state index < -0.39 is 18.0 Å².